The van der Waals surface area contributed by atoms with E-state index < -0.39 is 5.97 Å². The number of hydrogen-bond acceptors (Lipinski definition) is 4. The molecule has 0 radical (unpaired) electrons. The molecular formula is C9H9ClO4. The Morgan fingerprint density at radius 3 is 2.86 bits per heavy atom. The maximum atomic E-state index is 10.7. The Kier molecular flexibility index (Phi) is 3.59. The topological polar surface area (TPSA) is 55.8 Å². The molecule has 0 atom stereocenters. The van der Waals surface area contributed by atoms with Crippen molar-refractivity contribution in [2.45, 2.75) is 0 Å². The van der Waals surface area contributed by atoms with Crippen LogP contribution < -0.4 is 4.74 Å². The Morgan fingerprint density at radius 2 is 2.29 bits per heavy atom. The molecule has 1 aromatic rings. The molecule has 5 heteroatoms. The molecule has 76 valence electrons. The molecule has 0 saturated carbocycles. The van der Waals surface area contributed by atoms with Gasteiger partial charge >= 0.3 is 5.97 Å². The van der Waals surface area contributed by atoms with Crippen molar-refractivity contribution in [1.82, 2.24) is 0 Å². The first-order chi connectivity index (χ1) is 6.63. The third kappa shape index (κ3) is 2.81. The van der Waals surface area contributed by atoms with Crippen LogP contribution in [0.1, 0.15) is 0 Å². The van der Waals surface area contributed by atoms with Gasteiger partial charge in [0, 0.05) is 11.1 Å². The summed E-state index contributed by atoms with van der Waals surface area (Å²) in [6.07, 6.45) is 0. The summed E-state index contributed by atoms with van der Waals surface area (Å²) in [5.41, 5.74) is 0. The molecule has 0 saturated heterocycles. The van der Waals surface area contributed by atoms with Gasteiger partial charge in [0.05, 0.1) is 7.11 Å². The summed E-state index contributed by atoms with van der Waals surface area (Å²) < 4.78 is 9.33. The van der Waals surface area contributed by atoms with Gasteiger partial charge in [0.25, 0.3) is 0 Å². The molecule has 1 aromatic carbocycles. The fraction of sp³-hybridized carbons (Fsp3) is 0.222. The first kappa shape index (κ1) is 10.7. The predicted molar refractivity (Wildman–Crippen MR) is 50.6 cm³/mol. The van der Waals surface area contributed by atoms with Crippen molar-refractivity contribution in [3.05, 3.63) is 23.2 Å². The lowest BCUT2D eigenvalue weighted by Gasteiger charge is -2.06. The number of phenols is 1. The second-order valence-corrected chi connectivity index (χ2v) is 2.91. The van der Waals surface area contributed by atoms with Gasteiger partial charge in [-0.25, -0.2) is 4.79 Å². The summed E-state index contributed by atoms with van der Waals surface area (Å²) in [5.74, 6) is -0.430. The smallest absolute Gasteiger partial charge is 0.343 e. The molecular weight excluding hydrogens is 208 g/mol. The summed E-state index contributed by atoms with van der Waals surface area (Å²) in [5, 5.41) is 9.71. The van der Waals surface area contributed by atoms with Crippen molar-refractivity contribution in [3.8, 4) is 11.5 Å². The van der Waals surface area contributed by atoms with Crippen LogP contribution in [-0.2, 0) is 9.53 Å². The van der Waals surface area contributed by atoms with E-state index in [2.05, 4.69) is 4.74 Å². The highest BCUT2D eigenvalue weighted by molar-refractivity contribution is 6.30. The summed E-state index contributed by atoms with van der Waals surface area (Å²) in [4.78, 5) is 10.7. The average molecular weight is 217 g/mol. The number of aromatic hydroxyl groups is 1. The van der Waals surface area contributed by atoms with Crippen molar-refractivity contribution in [2.24, 2.45) is 0 Å². The zero-order valence-corrected chi connectivity index (χ0v) is 8.25. The molecule has 1 rings (SSSR count). The maximum Gasteiger partial charge on any atom is 0.343 e. The summed E-state index contributed by atoms with van der Waals surface area (Å²) in [7, 11) is 1.26. The molecule has 0 aliphatic carbocycles. The maximum absolute atomic E-state index is 10.7. The van der Waals surface area contributed by atoms with Gasteiger partial charge in [0.1, 0.15) is 0 Å². The number of rotatable bonds is 3. The van der Waals surface area contributed by atoms with Gasteiger partial charge < -0.3 is 14.6 Å². The number of benzene rings is 1. The molecule has 1 N–H and O–H groups in total. The van der Waals surface area contributed by atoms with Crippen LogP contribution in [0, 0.1) is 0 Å². The van der Waals surface area contributed by atoms with E-state index in [4.69, 9.17) is 16.3 Å². The van der Waals surface area contributed by atoms with Crippen molar-refractivity contribution in [2.75, 3.05) is 13.7 Å². The lowest BCUT2D eigenvalue weighted by atomic mass is 10.3. The van der Waals surface area contributed by atoms with Crippen molar-refractivity contribution in [3.63, 3.8) is 0 Å². The number of halogens is 1. The quantitative estimate of drug-likeness (QED) is 0.780. The fourth-order valence-electron chi connectivity index (χ4n) is 0.808. The molecule has 0 heterocycles. The number of ether oxygens (including phenoxy) is 2. The molecule has 0 aliphatic heterocycles. The summed E-state index contributed by atoms with van der Waals surface area (Å²) in [6, 6.07) is 4.35. The normalized spacial score (nSPS) is 9.57. The summed E-state index contributed by atoms with van der Waals surface area (Å²) in [6.45, 7) is -0.244. The van der Waals surface area contributed by atoms with Crippen molar-refractivity contribution in [1.29, 1.82) is 0 Å². The zero-order valence-electron chi connectivity index (χ0n) is 7.49. The van der Waals surface area contributed by atoms with Gasteiger partial charge in [-0.3, -0.25) is 0 Å². The lowest BCUT2D eigenvalue weighted by molar-refractivity contribution is -0.142. The van der Waals surface area contributed by atoms with Crippen LogP contribution in [-0.4, -0.2) is 24.8 Å². The Bertz CT molecular complexity index is 338. The first-order valence-electron chi connectivity index (χ1n) is 3.81. The van der Waals surface area contributed by atoms with E-state index in [-0.39, 0.29) is 18.1 Å². The monoisotopic (exact) mass is 216 g/mol. The molecule has 0 bridgehead atoms. The van der Waals surface area contributed by atoms with Crippen LogP contribution in [0.4, 0.5) is 0 Å². The molecule has 0 aromatic heterocycles. The largest absolute Gasteiger partial charge is 0.504 e. The number of carbonyl (C=O) groups excluding carboxylic acids is 1. The van der Waals surface area contributed by atoms with Gasteiger partial charge in [0.15, 0.2) is 18.1 Å². The number of hydrogen-bond donors (Lipinski definition) is 1. The van der Waals surface area contributed by atoms with Crippen LogP contribution in [0.15, 0.2) is 18.2 Å². The minimum atomic E-state index is -0.514. The highest BCUT2D eigenvalue weighted by atomic mass is 35.5. The third-order valence-electron chi connectivity index (χ3n) is 1.49. The second kappa shape index (κ2) is 4.72. The second-order valence-electron chi connectivity index (χ2n) is 2.48. The van der Waals surface area contributed by atoms with E-state index in [9.17, 15) is 9.90 Å². The lowest BCUT2D eigenvalue weighted by Crippen LogP contribution is -2.12. The van der Waals surface area contributed by atoms with Crippen LogP contribution in [0.3, 0.4) is 0 Å². The van der Waals surface area contributed by atoms with Gasteiger partial charge in [-0.05, 0) is 12.1 Å². The Hall–Kier alpha value is -1.42. The molecule has 14 heavy (non-hydrogen) atoms. The van der Waals surface area contributed by atoms with E-state index in [1.54, 1.807) is 6.07 Å². The van der Waals surface area contributed by atoms with E-state index in [1.165, 1.54) is 19.2 Å². The Labute approximate surface area is 86.0 Å². The van der Waals surface area contributed by atoms with Crippen LogP contribution in [0.25, 0.3) is 0 Å². The van der Waals surface area contributed by atoms with E-state index in [1.807, 2.05) is 0 Å². The standard InChI is InChI=1S/C9H9ClO4/c1-13-9(12)5-14-8-3-2-6(10)4-7(8)11/h2-4,11H,5H2,1H3. The highest BCUT2D eigenvalue weighted by Crippen LogP contribution is 2.28. The van der Waals surface area contributed by atoms with E-state index >= 15 is 0 Å². The number of esters is 1. The minimum Gasteiger partial charge on any atom is -0.504 e. The van der Waals surface area contributed by atoms with Crippen LogP contribution in [0.2, 0.25) is 5.02 Å². The van der Waals surface area contributed by atoms with Crippen molar-refractivity contribution < 1.29 is 19.4 Å². The van der Waals surface area contributed by atoms with Gasteiger partial charge in [-0.15, -0.1) is 0 Å². The number of phenolic OH excluding ortho intramolecular Hbond substituents is 1. The molecule has 0 unspecified atom stereocenters. The molecule has 0 amide bonds. The zero-order chi connectivity index (χ0) is 10.6. The summed E-state index contributed by atoms with van der Waals surface area (Å²) >= 11 is 5.60. The highest BCUT2D eigenvalue weighted by Gasteiger charge is 2.06. The van der Waals surface area contributed by atoms with Gasteiger partial charge in [-0.1, -0.05) is 11.6 Å². The SMILES string of the molecule is COC(=O)COc1ccc(Cl)cc1O. The third-order valence-corrected chi connectivity index (χ3v) is 1.73. The minimum absolute atomic E-state index is 0.110. The van der Waals surface area contributed by atoms with Gasteiger partial charge in [0.2, 0.25) is 0 Å². The van der Waals surface area contributed by atoms with E-state index in [0.29, 0.717) is 5.02 Å². The van der Waals surface area contributed by atoms with Crippen LogP contribution in [0.5, 0.6) is 11.5 Å². The Morgan fingerprint density at radius 1 is 1.57 bits per heavy atom. The number of carbonyl (C=O) groups is 1. The predicted octanol–water partition coefficient (Wildman–Crippen LogP) is 1.60. The average Bonchev–Trinajstić information content (AvgIpc) is 2.16. The molecule has 0 spiro atoms. The molecule has 4 nitrogen and oxygen atoms in total. The molecule has 0 aliphatic rings. The Balaban J connectivity index is 2.63. The van der Waals surface area contributed by atoms with Crippen LogP contribution >= 0.6 is 11.6 Å². The molecule has 0 fully saturated rings. The fourth-order valence-corrected chi connectivity index (χ4v) is 0.975. The number of methoxy groups -OCH3 is 1. The van der Waals surface area contributed by atoms with E-state index in [0.717, 1.165) is 0 Å². The first-order valence-corrected chi connectivity index (χ1v) is 4.19. The van der Waals surface area contributed by atoms with Gasteiger partial charge in [-0.2, -0.15) is 0 Å². The van der Waals surface area contributed by atoms with Crippen molar-refractivity contribution >= 4 is 17.6 Å².